The Bertz CT molecular complexity index is 544. The van der Waals surface area contributed by atoms with Crippen LogP contribution in [0.2, 0.25) is 0 Å². The fraction of sp³-hybridized carbons (Fsp3) is 0.462. The molecule has 1 N–H and O–H groups in total. The van der Waals surface area contributed by atoms with Gasteiger partial charge in [0, 0.05) is 25.3 Å². The Hall–Kier alpha value is -1.40. The van der Waals surface area contributed by atoms with Crippen molar-refractivity contribution >= 4 is 11.8 Å². The van der Waals surface area contributed by atoms with Crippen LogP contribution in [0.1, 0.15) is 26.3 Å². The van der Waals surface area contributed by atoms with Crippen LogP contribution >= 0.6 is 11.8 Å². The van der Waals surface area contributed by atoms with Crippen LogP contribution in [0.25, 0.3) is 0 Å². The summed E-state index contributed by atoms with van der Waals surface area (Å²) in [7, 11) is 1.93. The summed E-state index contributed by atoms with van der Waals surface area (Å²) in [5.41, 5.74) is 1.26. The number of aromatic nitrogens is 4. The maximum Gasteiger partial charge on any atom is 0.197 e. The molecule has 0 atom stereocenters. The van der Waals surface area contributed by atoms with E-state index in [-0.39, 0.29) is 5.54 Å². The molecular weight excluding hydrogens is 258 g/mol. The second kappa shape index (κ2) is 5.71. The Balaban J connectivity index is 2.15. The van der Waals surface area contributed by atoms with E-state index in [0.29, 0.717) is 0 Å². The zero-order valence-electron chi connectivity index (χ0n) is 11.7. The summed E-state index contributed by atoms with van der Waals surface area (Å²) in [6.07, 6.45) is 3.50. The van der Waals surface area contributed by atoms with E-state index in [1.807, 2.05) is 17.7 Å². The third kappa shape index (κ3) is 4.04. The lowest BCUT2D eigenvalue weighted by atomic mass is 10.1. The summed E-state index contributed by atoms with van der Waals surface area (Å²) in [5.74, 6) is 0. The molecular formula is C13H19N5S. The van der Waals surface area contributed by atoms with Gasteiger partial charge in [-0.3, -0.25) is 0 Å². The monoisotopic (exact) mass is 277 g/mol. The van der Waals surface area contributed by atoms with Gasteiger partial charge in [-0.25, -0.2) is 4.98 Å². The van der Waals surface area contributed by atoms with Crippen molar-refractivity contribution in [2.45, 2.75) is 43.0 Å². The lowest BCUT2D eigenvalue weighted by Gasteiger charge is -2.21. The van der Waals surface area contributed by atoms with E-state index in [1.54, 1.807) is 12.5 Å². The van der Waals surface area contributed by atoms with Gasteiger partial charge in [0.25, 0.3) is 0 Å². The minimum Gasteiger partial charge on any atom is -0.311 e. The van der Waals surface area contributed by atoms with Gasteiger partial charge < -0.3 is 9.88 Å². The molecule has 6 heteroatoms. The molecule has 0 saturated carbocycles. The largest absolute Gasteiger partial charge is 0.311 e. The van der Waals surface area contributed by atoms with Gasteiger partial charge in [0.05, 0.1) is 0 Å². The summed E-state index contributed by atoms with van der Waals surface area (Å²) in [6, 6.07) is 4.05. The first-order valence-corrected chi connectivity index (χ1v) is 6.98. The standard InChI is InChI=1S/C13H19N5S/c1-13(2,3)15-8-10-6-5-7-14-11(10)19-12-17-16-9-18(12)4/h5-7,9,15H,8H2,1-4H3. The minimum atomic E-state index is 0.0859. The van der Waals surface area contributed by atoms with Crippen molar-refractivity contribution in [3.63, 3.8) is 0 Å². The van der Waals surface area contributed by atoms with Crippen LogP contribution in [0.3, 0.4) is 0 Å². The Kier molecular flexibility index (Phi) is 4.21. The van der Waals surface area contributed by atoms with Crippen molar-refractivity contribution < 1.29 is 0 Å². The maximum atomic E-state index is 4.44. The number of aryl methyl sites for hydroxylation is 1. The average molecular weight is 277 g/mol. The highest BCUT2D eigenvalue weighted by Crippen LogP contribution is 2.26. The van der Waals surface area contributed by atoms with E-state index in [0.717, 1.165) is 16.7 Å². The van der Waals surface area contributed by atoms with Crippen LogP contribution in [0.4, 0.5) is 0 Å². The van der Waals surface area contributed by atoms with E-state index in [4.69, 9.17) is 0 Å². The second-order valence-corrected chi connectivity index (χ2v) is 6.35. The van der Waals surface area contributed by atoms with E-state index in [1.165, 1.54) is 17.3 Å². The highest BCUT2D eigenvalue weighted by atomic mass is 32.2. The van der Waals surface area contributed by atoms with Crippen molar-refractivity contribution in [1.82, 2.24) is 25.1 Å². The summed E-state index contributed by atoms with van der Waals surface area (Å²) >= 11 is 1.54. The molecule has 0 amide bonds. The number of hydrogen-bond donors (Lipinski definition) is 1. The van der Waals surface area contributed by atoms with Gasteiger partial charge in [0.1, 0.15) is 11.4 Å². The minimum absolute atomic E-state index is 0.0859. The fourth-order valence-electron chi connectivity index (χ4n) is 1.46. The van der Waals surface area contributed by atoms with Crippen molar-refractivity contribution in [2.75, 3.05) is 0 Å². The molecule has 0 saturated heterocycles. The van der Waals surface area contributed by atoms with Crippen LogP contribution in [0, 0.1) is 0 Å². The fourth-order valence-corrected chi connectivity index (χ4v) is 2.30. The molecule has 0 unspecified atom stereocenters. The Morgan fingerprint density at radius 3 is 2.79 bits per heavy atom. The number of nitrogens with one attached hydrogen (secondary N) is 1. The Morgan fingerprint density at radius 1 is 1.37 bits per heavy atom. The molecule has 0 radical (unpaired) electrons. The lowest BCUT2D eigenvalue weighted by Crippen LogP contribution is -2.35. The summed E-state index contributed by atoms with van der Waals surface area (Å²) in [4.78, 5) is 4.44. The molecule has 2 aromatic heterocycles. The van der Waals surface area contributed by atoms with Gasteiger partial charge in [0.15, 0.2) is 5.16 Å². The van der Waals surface area contributed by atoms with E-state index >= 15 is 0 Å². The van der Waals surface area contributed by atoms with Crippen LogP contribution in [-0.2, 0) is 13.6 Å². The molecule has 0 spiro atoms. The molecule has 5 nitrogen and oxygen atoms in total. The second-order valence-electron chi connectivity index (χ2n) is 5.40. The molecule has 102 valence electrons. The zero-order valence-corrected chi connectivity index (χ0v) is 12.5. The Morgan fingerprint density at radius 2 is 2.16 bits per heavy atom. The molecule has 0 aromatic carbocycles. The van der Waals surface area contributed by atoms with Gasteiger partial charge in [-0.05, 0) is 44.2 Å². The molecule has 19 heavy (non-hydrogen) atoms. The van der Waals surface area contributed by atoms with Crippen molar-refractivity contribution in [2.24, 2.45) is 7.05 Å². The molecule has 2 rings (SSSR count). The summed E-state index contributed by atoms with van der Waals surface area (Å²) in [5, 5.41) is 13.2. The molecule has 0 aliphatic heterocycles. The van der Waals surface area contributed by atoms with Gasteiger partial charge in [-0.2, -0.15) is 0 Å². The smallest absolute Gasteiger partial charge is 0.197 e. The highest BCUT2D eigenvalue weighted by Gasteiger charge is 2.13. The van der Waals surface area contributed by atoms with Crippen LogP contribution in [0.5, 0.6) is 0 Å². The third-order valence-electron chi connectivity index (χ3n) is 2.52. The highest BCUT2D eigenvalue weighted by molar-refractivity contribution is 7.99. The predicted molar refractivity (Wildman–Crippen MR) is 76.0 cm³/mol. The van der Waals surface area contributed by atoms with Crippen LogP contribution < -0.4 is 5.32 Å². The van der Waals surface area contributed by atoms with E-state index in [2.05, 4.69) is 47.3 Å². The number of pyridine rings is 1. The first-order chi connectivity index (χ1) is 8.96. The third-order valence-corrected chi connectivity index (χ3v) is 3.63. The average Bonchev–Trinajstić information content (AvgIpc) is 2.73. The maximum absolute atomic E-state index is 4.44. The first kappa shape index (κ1) is 14.0. The molecule has 2 heterocycles. The van der Waals surface area contributed by atoms with Crippen molar-refractivity contribution in [3.8, 4) is 0 Å². The SMILES string of the molecule is Cn1cnnc1Sc1ncccc1CNC(C)(C)C. The van der Waals surface area contributed by atoms with Gasteiger partial charge >= 0.3 is 0 Å². The van der Waals surface area contributed by atoms with Gasteiger partial charge in [-0.15, -0.1) is 10.2 Å². The first-order valence-electron chi connectivity index (χ1n) is 6.16. The van der Waals surface area contributed by atoms with Gasteiger partial charge in [0.2, 0.25) is 0 Å². The topological polar surface area (TPSA) is 55.6 Å². The molecule has 0 bridgehead atoms. The lowest BCUT2D eigenvalue weighted by molar-refractivity contribution is 0.422. The van der Waals surface area contributed by atoms with Crippen LogP contribution in [-0.4, -0.2) is 25.3 Å². The van der Waals surface area contributed by atoms with E-state index in [9.17, 15) is 0 Å². The number of rotatable bonds is 4. The van der Waals surface area contributed by atoms with E-state index < -0.39 is 0 Å². The molecule has 0 aliphatic carbocycles. The van der Waals surface area contributed by atoms with Crippen LogP contribution in [0.15, 0.2) is 34.8 Å². The van der Waals surface area contributed by atoms with Crippen molar-refractivity contribution in [1.29, 1.82) is 0 Å². The quantitative estimate of drug-likeness (QED) is 0.929. The molecule has 0 aliphatic rings. The normalized spacial score (nSPS) is 11.8. The Labute approximate surface area is 117 Å². The van der Waals surface area contributed by atoms with Gasteiger partial charge in [-0.1, -0.05) is 6.07 Å². The predicted octanol–water partition coefficient (Wildman–Crippen LogP) is 2.25. The summed E-state index contributed by atoms with van der Waals surface area (Å²) < 4.78 is 1.89. The molecule has 2 aromatic rings. The number of nitrogens with zero attached hydrogens (tertiary/aromatic N) is 4. The molecule has 0 fully saturated rings. The summed E-state index contributed by atoms with van der Waals surface area (Å²) in [6.45, 7) is 7.24. The van der Waals surface area contributed by atoms with Crippen molar-refractivity contribution in [3.05, 3.63) is 30.2 Å². The number of hydrogen-bond acceptors (Lipinski definition) is 5. The zero-order chi connectivity index (χ0) is 13.9.